The third kappa shape index (κ3) is 3.78. The fourth-order valence-corrected chi connectivity index (χ4v) is 2.75. The van der Waals surface area contributed by atoms with Crippen LogP contribution in [0.15, 0.2) is 41.8 Å². The van der Waals surface area contributed by atoms with Crippen LogP contribution in [0.2, 0.25) is 0 Å². The van der Waals surface area contributed by atoms with Crippen molar-refractivity contribution in [3.8, 4) is 0 Å². The molecule has 0 amide bonds. The molecule has 1 heterocycles. The molecule has 0 aliphatic heterocycles. The van der Waals surface area contributed by atoms with Crippen LogP contribution < -0.4 is 5.73 Å². The number of hydrogen-bond acceptors (Lipinski definition) is 4. The Morgan fingerprint density at radius 3 is 2.11 bits per heavy atom. The Balaban J connectivity index is 2.21. The van der Waals surface area contributed by atoms with E-state index < -0.39 is 0 Å². The summed E-state index contributed by atoms with van der Waals surface area (Å²) in [5, 5.41) is 0.941. The summed E-state index contributed by atoms with van der Waals surface area (Å²) in [6, 6.07) is 8.52. The molecule has 2 atom stereocenters. The molecule has 2 N–H and O–H groups in total. The minimum atomic E-state index is 0.0395. The second kappa shape index (κ2) is 6.17. The Kier molecular flexibility index (Phi) is 4.56. The SMILES string of the molecule is Cc1ccc(C(Sc2ncc(C)cn2)C(C)N)cc1. The number of aromatic nitrogens is 2. The molecule has 4 heteroatoms. The zero-order chi connectivity index (χ0) is 13.8. The molecule has 3 nitrogen and oxygen atoms in total. The van der Waals surface area contributed by atoms with Gasteiger partial charge in [0.25, 0.3) is 0 Å². The van der Waals surface area contributed by atoms with Gasteiger partial charge in [-0.05, 0) is 31.9 Å². The number of hydrogen-bond donors (Lipinski definition) is 1. The van der Waals surface area contributed by atoms with Crippen LogP contribution in [0.5, 0.6) is 0 Å². The molecule has 0 aliphatic carbocycles. The lowest BCUT2D eigenvalue weighted by atomic mass is 10.1. The van der Waals surface area contributed by atoms with Crippen molar-refractivity contribution in [2.75, 3.05) is 0 Å². The van der Waals surface area contributed by atoms with Crippen LogP contribution in [0.25, 0.3) is 0 Å². The van der Waals surface area contributed by atoms with Gasteiger partial charge in [0.05, 0.1) is 5.25 Å². The lowest BCUT2D eigenvalue weighted by molar-refractivity contribution is 0.717. The molecule has 19 heavy (non-hydrogen) atoms. The minimum absolute atomic E-state index is 0.0395. The topological polar surface area (TPSA) is 51.8 Å². The van der Waals surface area contributed by atoms with Crippen LogP contribution in [0, 0.1) is 13.8 Å². The molecule has 2 rings (SSSR count). The van der Waals surface area contributed by atoms with E-state index in [4.69, 9.17) is 5.73 Å². The maximum absolute atomic E-state index is 6.11. The van der Waals surface area contributed by atoms with Crippen molar-refractivity contribution < 1.29 is 0 Å². The molecule has 2 aromatic rings. The van der Waals surface area contributed by atoms with E-state index >= 15 is 0 Å². The number of aryl methyl sites for hydroxylation is 2. The Morgan fingerprint density at radius 1 is 1.00 bits per heavy atom. The molecule has 0 saturated heterocycles. The van der Waals surface area contributed by atoms with E-state index in [-0.39, 0.29) is 11.3 Å². The average Bonchev–Trinajstić information content (AvgIpc) is 2.39. The van der Waals surface area contributed by atoms with Crippen LogP contribution in [0.3, 0.4) is 0 Å². The number of nitrogens with two attached hydrogens (primary N) is 1. The van der Waals surface area contributed by atoms with Gasteiger partial charge in [0.2, 0.25) is 0 Å². The van der Waals surface area contributed by atoms with Crippen LogP contribution in [0.4, 0.5) is 0 Å². The predicted molar refractivity (Wildman–Crippen MR) is 80.2 cm³/mol. The summed E-state index contributed by atoms with van der Waals surface area (Å²) in [5.41, 5.74) is 9.65. The molecule has 1 aromatic heterocycles. The maximum Gasteiger partial charge on any atom is 0.188 e. The summed E-state index contributed by atoms with van der Waals surface area (Å²) in [6.45, 7) is 6.09. The van der Waals surface area contributed by atoms with Crippen molar-refractivity contribution in [2.45, 2.75) is 37.2 Å². The van der Waals surface area contributed by atoms with Gasteiger partial charge < -0.3 is 5.73 Å². The third-order valence-corrected chi connectivity index (χ3v) is 4.25. The summed E-state index contributed by atoms with van der Waals surface area (Å²) in [4.78, 5) is 8.68. The Hall–Kier alpha value is -1.39. The highest BCUT2D eigenvalue weighted by molar-refractivity contribution is 7.99. The summed E-state index contributed by atoms with van der Waals surface area (Å²) >= 11 is 1.62. The van der Waals surface area contributed by atoms with Gasteiger partial charge in [0.15, 0.2) is 5.16 Å². The normalized spacial score (nSPS) is 14.1. The number of benzene rings is 1. The minimum Gasteiger partial charge on any atom is -0.327 e. The van der Waals surface area contributed by atoms with Gasteiger partial charge in [-0.15, -0.1) is 0 Å². The smallest absolute Gasteiger partial charge is 0.188 e. The molecule has 0 aliphatic rings. The fraction of sp³-hybridized carbons (Fsp3) is 0.333. The molecule has 0 saturated carbocycles. The summed E-state index contributed by atoms with van der Waals surface area (Å²) in [6.07, 6.45) is 3.67. The average molecular weight is 273 g/mol. The number of rotatable bonds is 4. The van der Waals surface area contributed by atoms with Crippen molar-refractivity contribution >= 4 is 11.8 Å². The van der Waals surface area contributed by atoms with Gasteiger partial charge >= 0.3 is 0 Å². The lowest BCUT2D eigenvalue weighted by Gasteiger charge is -2.20. The Labute approximate surface area is 118 Å². The van der Waals surface area contributed by atoms with Crippen LogP contribution in [-0.2, 0) is 0 Å². The first-order valence-corrected chi connectivity index (χ1v) is 7.21. The van der Waals surface area contributed by atoms with E-state index in [1.807, 2.05) is 26.2 Å². The molecular formula is C15H19N3S. The van der Waals surface area contributed by atoms with Gasteiger partial charge in [0.1, 0.15) is 0 Å². The van der Waals surface area contributed by atoms with Crippen LogP contribution in [-0.4, -0.2) is 16.0 Å². The quantitative estimate of drug-likeness (QED) is 0.686. The van der Waals surface area contributed by atoms with Crippen LogP contribution >= 0.6 is 11.8 Å². The van der Waals surface area contributed by atoms with Crippen LogP contribution in [0.1, 0.15) is 28.9 Å². The molecule has 0 bridgehead atoms. The zero-order valence-corrected chi connectivity index (χ0v) is 12.3. The fourth-order valence-electron chi connectivity index (χ4n) is 1.79. The zero-order valence-electron chi connectivity index (χ0n) is 11.5. The van der Waals surface area contributed by atoms with E-state index in [2.05, 4.69) is 41.2 Å². The summed E-state index contributed by atoms with van der Waals surface area (Å²) in [7, 11) is 0. The van der Waals surface area contributed by atoms with E-state index in [0.29, 0.717) is 0 Å². The Morgan fingerprint density at radius 2 is 1.58 bits per heavy atom. The molecule has 2 unspecified atom stereocenters. The van der Waals surface area contributed by atoms with E-state index in [0.717, 1.165) is 10.7 Å². The first-order valence-electron chi connectivity index (χ1n) is 6.33. The molecule has 1 aromatic carbocycles. The summed E-state index contributed by atoms with van der Waals surface area (Å²) in [5.74, 6) is 0. The standard InChI is InChI=1S/C15H19N3S/c1-10-4-6-13(7-5-10)14(12(3)16)19-15-17-8-11(2)9-18-15/h4-9,12,14H,16H2,1-3H3. The van der Waals surface area contributed by atoms with Crippen molar-refractivity contribution in [1.82, 2.24) is 9.97 Å². The number of thioether (sulfide) groups is 1. The molecular weight excluding hydrogens is 254 g/mol. The van der Waals surface area contributed by atoms with Gasteiger partial charge in [-0.3, -0.25) is 0 Å². The molecule has 0 spiro atoms. The highest BCUT2D eigenvalue weighted by Gasteiger charge is 2.18. The molecule has 100 valence electrons. The van der Waals surface area contributed by atoms with Gasteiger partial charge in [-0.1, -0.05) is 41.6 Å². The third-order valence-electron chi connectivity index (χ3n) is 2.87. The van der Waals surface area contributed by atoms with E-state index in [1.165, 1.54) is 11.1 Å². The largest absolute Gasteiger partial charge is 0.327 e. The first kappa shape index (κ1) is 14.0. The maximum atomic E-state index is 6.11. The van der Waals surface area contributed by atoms with Crippen molar-refractivity contribution in [3.05, 3.63) is 53.3 Å². The second-order valence-corrected chi connectivity index (χ2v) is 5.96. The van der Waals surface area contributed by atoms with E-state index in [1.54, 1.807) is 11.8 Å². The molecule has 0 fully saturated rings. The molecule has 0 radical (unpaired) electrons. The van der Waals surface area contributed by atoms with Crippen molar-refractivity contribution in [1.29, 1.82) is 0 Å². The van der Waals surface area contributed by atoms with Crippen molar-refractivity contribution in [2.24, 2.45) is 5.73 Å². The first-order chi connectivity index (χ1) is 9.06. The summed E-state index contributed by atoms with van der Waals surface area (Å²) < 4.78 is 0. The predicted octanol–water partition coefficient (Wildman–Crippen LogP) is 3.27. The lowest BCUT2D eigenvalue weighted by Crippen LogP contribution is -2.22. The van der Waals surface area contributed by atoms with Crippen molar-refractivity contribution in [3.63, 3.8) is 0 Å². The number of nitrogens with zero attached hydrogens (tertiary/aromatic N) is 2. The van der Waals surface area contributed by atoms with E-state index in [9.17, 15) is 0 Å². The highest BCUT2D eigenvalue weighted by Crippen LogP contribution is 2.35. The van der Waals surface area contributed by atoms with Gasteiger partial charge in [-0.25, -0.2) is 9.97 Å². The Bertz CT molecular complexity index is 520. The second-order valence-electron chi connectivity index (χ2n) is 4.85. The van der Waals surface area contributed by atoms with Gasteiger partial charge in [0, 0.05) is 18.4 Å². The van der Waals surface area contributed by atoms with Gasteiger partial charge in [-0.2, -0.15) is 0 Å². The highest BCUT2D eigenvalue weighted by atomic mass is 32.2. The monoisotopic (exact) mass is 273 g/mol.